The fourth-order valence-electron chi connectivity index (χ4n) is 1.60. The molecular weight excluding hydrogens is 246 g/mol. The fraction of sp³-hybridized carbons (Fsp3) is 0.500. The molecule has 1 rings (SSSR count). The van der Waals surface area contributed by atoms with E-state index in [-0.39, 0.29) is 0 Å². The van der Waals surface area contributed by atoms with Gasteiger partial charge in [-0.1, -0.05) is 26.1 Å². The topological polar surface area (TPSA) is 44.5 Å². The van der Waals surface area contributed by atoms with Gasteiger partial charge >= 0.3 is 0 Å². The number of ether oxygens (including phenoxy) is 2. The lowest BCUT2D eigenvalue weighted by molar-refractivity contribution is 0.295. The maximum atomic E-state index is 5.69. The monoisotopic (exact) mass is 267 g/mol. The quantitative estimate of drug-likeness (QED) is 0.609. The summed E-state index contributed by atoms with van der Waals surface area (Å²) >= 11 is 4.97. The van der Waals surface area contributed by atoms with Crippen LogP contribution in [0.5, 0.6) is 11.5 Å². The lowest BCUT2D eigenvalue weighted by atomic mass is 10.1. The minimum Gasteiger partial charge on any atom is -0.497 e. The largest absolute Gasteiger partial charge is 0.497 e. The SMILES string of the molecule is COc1cc(OCCCC(C)C)cc(C(N)=S)c1. The molecule has 0 radical (unpaired) electrons. The van der Waals surface area contributed by atoms with Crippen LogP contribution in [0.1, 0.15) is 32.3 Å². The second kappa shape index (κ2) is 7.21. The van der Waals surface area contributed by atoms with E-state index in [1.807, 2.05) is 18.2 Å². The molecule has 0 heterocycles. The Kier molecular flexibility index (Phi) is 5.92. The van der Waals surface area contributed by atoms with Crippen LogP contribution in [0.25, 0.3) is 0 Å². The average molecular weight is 267 g/mol. The van der Waals surface area contributed by atoms with Crippen molar-refractivity contribution in [3.63, 3.8) is 0 Å². The molecule has 0 atom stereocenters. The summed E-state index contributed by atoms with van der Waals surface area (Å²) in [5, 5.41) is 0. The van der Waals surface area contributed by atoms with Gasteiger partial charge in [0, 0.05) is 11.6 Å². The van der Waals surface area contributed by atoms with Gasteiger partial charge in [-0.25, -0.2) is 0 Å². The molecule has 0 amide bonds. The van der Waals surface area contributed by atoms with Crippen molar-refractivity contribution >= 4 is 17.2 Å². The summed E-state index contributed by atoms with van der Waals surface area (Å²) in [6.45, 7) is 5.11. The predicted molar refractivity (Wildman–Crippen MR) is 78.4 cm³/mol. The first-order valence-electron chi connectivity index (χ1n) is 6.14. The third-order valence-electron chi connectivity index (χ3n) is 2.59. The molecule has 100 valence electrons. The third-order valence-corrected chi connectivity index (χ3v) is 2.83. The van der Waals surface area contributed by atoms with E-state index in [4.69, 9.17) is 27.4 Å². The summed E-state index contributed by atoms with van der Waals surface area (Å²) in [6, 6.07) is 5.50. The first-order valence-corrected chi connectivity index (χ1v) is 6.55. The Labute approximate surface area is 114 Å². The standard InChI is InChI=1S/C14H21NO2S/c1-10(2)5-4-6-17-13-8-11(14(15)18)7-12(9-13)16-3/h7-10H,4-6H2,1-3H3,(H2,15,18). The van der Waals surface area contributed by atoms with Gasteiger partial charge in [-0.2, -0.15) is 0 Å². The zero-order chi connectivity index (χ0) is 13.5. The van der Waals surface area contributed by atoms with E-state index in [0.717, 1.165) is 24.2 Å². The van der Waals surface area contributed by atoms with E-state index in [1.54, 1.807) is 7.11 Å². The second-order valence-electron chi connectivity index (χ2n) is 4.65. The Bertz CT molecular complexity index is 405. The van der Waals surface area contributed by atoms with Crippen molar-refractivity contribution < 1.29 is 9.47 Å². The van der Waals surface area contributed by atoms with Gasteiger partial charge in [0.2, 0.25) is 0 Å². The summed E-state index contributed by atoms with van der Waals surface area (Å²) in [5.74, 6) is 2.16. The number of nitrogens with two attached hydrogens (primary N) is 1. The normalized spacial score (nSPS) is 10.4. The van der Waals surface area contributed by atoms with Gasteiger partial charge in [0.25, 0.3) is 0 Å². The molecule has 0 bridgehead atoms. The Balaban J connectivity index is 2.64. The third kappa shape index (κ3) is 4.92. The van der Waals surface area contributed by atoms with Crippen LogP contribution >= 0.6 is 12.2 Å². The minimum absolute atomic E-state index is 0.348. The number of hydrogen-bond acceptors (Lipinski definition) is 3. The fourth-order valence-corrected chi connectivity index (χ4v) is 1.71. The van der Waals surface area contributed by atoms with E-state index in [9.17, 15) is 0 Å². The van der Waals surface area contributed by atoms with Crippen molar-refractivity contribution in [1.82, 2.24) is 0 Å². The van der Waals surface area contributed by atoms with Crippen molar-refractivity contribution in [2.45, 2.75) is 26.7 Å². The molecular formula is C14H21NO2S. The van der Waals surface area contributed by atoms with E-state index < -0.39 is 0 Å². The van der Waals surface area contributed by atoms with Crippen LogP contribution in [-0.4, -0.2) is 18.7 Å². The van der Waals surface area contributed by atoms with Crippen LogP contribution < -0.4 is 15.2 Å². The number of rotatable bonds is 7. The van der Waals surface area contributed by atoms with Crippen molar-refractivity contribution in [3.05, 3.63) is 23.8 Å². The number of methoxy groups -OCH3 is 1. The molecule has 0 aliphatic carbocycles. The van der Waals surface area contributed by atoms with Crippen LogP contribution in [0.15, 0.2) is 18.2 Å². The average Bonchev–Trinajstić information content (AvgIpc) is 2.34. The Morgan fingerprint density at radius 1 is 1.28 bits per heavy atom. The minimum atomic E-state index is 0.348. The molecule has 0 unspecified atom stereocenters. The Morgan fingerprint density at radius 3 is 2.50 bits per heavy atom. The van der Waals surface area contributed by atoms with Crippen LogP contribution in [0, 0.1) is 5.92 Å². The first kappa shape index (κ1) is 14.8. The molecule has 0 fully saturated rings. The summed E-state index contributed by atoms with van der Waals surface area (Å²) in [4.78, 5) is 0.348. The van der Waals surface area contributed by atoms with Crippen LogP contribution in [0.4, 0.5) is 0 Å². The summed E-state index contributed by atoms with van der Waals surface area (Å²) in [5.41, 5.74) is 6.39. The summed E-state index contributed by atoms with van der Waals surface area (Å²) in [6.07, 6.45) is 2.20. The number of thiocarbonyl (C=S) groups is 1. The van der Waals surface area contributed by atoms with Gasteiger partial charge in [0.15, 0.2) is 0 Å². The molecule has 0 aliphatic heterocycles. The highest BCUT2D eigenvalue weighted by molar-refractivity contribution is 7.80. The molecule has 18 heavy (non-hydrogen) atoms. The number of benzene rings is 1. The smallest absolute Gasteiger partial charge is 0.123 e. The molecule has 0 aliphatic rings. The maximum absolute atomic E-state index is 5.69. The predicted octanol–water partition coefficient (Wildman–Crippen LogP) is 3.14. The molecule has 3 nitrogen and oxygen atoms in total. The molecule has 2 N–H and O–H groups in total. The summed E-state index contributed by atoms with van der Waals surface area (Å²) < 4.78 is 10.9. The zero-order valence-electron chi connectivity index (χ0n) is 11.2. The van der Waals surface area contributed by atoms with Gasteiger partial charge in [-0.05, 0) is 30.9 Å². The molecule has 0 aromatic heterocycles. The van der Waals surface area contributed by atoms with Crippen molar-refractivity contribution in [3.8, 4) is 11.5 Å². The molecule has 0 saturated heterocycles. The molecule has 1 aromatic rings. The Morgan fingerprint density at radius 2 is 1.94 bits per heavy atom. The van der Waals surface area contributed by atoms with E-state index in [1.165, 1.54) is 0 Å². The van der Waals surface area contributed by atoms with Gasteiger partial charge in [0.05, 0.1) is 13.7 Å². The highest BCUT2D eigenvalue weighted by atomic mass is 32.1. The van der Waals surface area contributed by atoms with Crippen LogP contribution in [0.3, 0.4) is 0 Å². The maximum Gasteiger partial charge on any atom is 0.123 e. The lowest BCUT2D eigenvalue weighted by Gasteiger charge is -2.11. The second-order valence-corrected chi connectivity index (χ2v) is 5.09. The lowest BCUT2D eigenvalue weighted by Crippen LogP contribution is -2.10. The van der Waals surface area contributed by atoms with Crippen LogP contribution in [-0.2, 0) is 0 Å². The molecule has 0 spiro atoms. The highest BCUT2D eigenvalue weighted by Gasteiger charge is 2.04. The van der Waals surface area contributed by atoms with E-state index in [0.29, 0.717) is 23.3 Å². The Hall–Kier alpha value is -1.29. The molecule has 4 heteroatoms. The van der Waals surface area contributed by atoms with Crippen molar-refractivity contribution in [2.75, 3.05) is 13.7 Å². The van der Waals surface area contributed by atoms with Gasteiger partial charge < -0.3 is 15.2 Å². The molecule has 0 saturated carbocycles. The van der Waals surface area contributed by atoms with Gasteiger partial charge in [-0.15, -0.1) is 0 Å². The highest BCUT2D eigenvalue weighted by Crippen LogP contribution is 2.23. The number of hydrogen-bond donors (Lipinski definition) is 1. The zero-order valence-corrected chi connectivity index (χ0v) is 12.0. The molecule has 1 aromatic carbocycles. The summed E-state index contributed by atoms with van der Waals surface area (Å²) in [7, 11) is 1.61. The van der Waals surface area contributed by atoms with Gasteiger partial charge in [-0.3, -0.25) is 0 Å². The van der Waals surface area contributed by atoms with Crippen LogP contribution in [0.2, 0.25) is 0 Å². The van der Waals surface area contributed by atoms with Gasteiger partial charge in [0.1, 0.15) is 16.5 Å². The van der Waals surface area contributed by atoms with E-state index >= 15 is 0 Å². The van der Waals surface area contributed by atoms with Crippen molar-refractivity contribution in [2.24, 2.45) is 11.7 Å². The first-order chi connectivity index (χ1) is 8.52. The van der Waals surface area contributed by atoms with Crippen molar-refractivity contribution in [1.29, 1.82) is 0 Å². The van der Waals surface area contributed by atoms with E-state index in [2.05, 4.69) is 13.8 Å².